The van der Waals surface area contributed by atoms with Crippen molar-refractivity contribution in [1.82, 2.24) is 10.6 Å². The number of nitrogens with one attached hydrogen (secondary N) is 2. The lowest BCUT2D eigenvalue weighted by molar-refractivity contribution is -0.139. The van der Waals surface area contributed by atoms with E-state index in [1.165, 1.54) is 0 Å². The van der Waals surface area contributed by atoms with Crippen LogP contribution in [0.25, 0.3) is 0 Å². The van der Waals surface area contributed by atoms with Gasteiger partial charge >= 0.3 is 5.97 Å². The molecule has 0 radical (unpaired) electrons. The average Bonchev–Trinajstić information content (AvgIpc) is 2.10. The van der Waals surface area contributed by atoms with E-state index < -0.39 is 5.97 Å². The van der Waals surface area contributed by atoms with Gasteiger partial charge in [0.1, 0.15) is 0 Å². The maximum absolute atomic E-state index is 10.7. The van der Waals surface area contributed by atoms with E-state index in [9.17, 15) is 4.79 Å². The minimum absolute atomic E-state index is 0.205. The summed E-state index contributed by atoms with van der Waals surface area (Å²) < 4.78 is 0. The lowest BCUT2D eigenvalue weighted by atomic mass is 9.87. The predicted molar refractivity (Wildman–Crippen MR) is 63.5 cm³/mol. The first-order chi connectivity index (χ1) is 7.08. The molecular weight excluding hydrogens is 212 g/mol. The fraction of sp³-hybridized carbons (Fsp3) is 0.900. The molecule has 1 fully saturated rings. The SMILES string of the molecule is CSCCC(C)NC1(CC(=O)O)CNC1. The maximum atomic E-state index is 10.7. The first-order valence-electron chi connectivity index (χ1n) is 5.27. The smallest absolute Gasteiger partial charge is 0.305 e. The predicted octanol–water partition coefficient (Wildman–Crippen LogP) is 0.534. The number of aliphatic carboxylic acids is 1. The van der Waals surface area contributed by atoms with Crippen LogP contribution >= 0.6 is 11.8 Å². The number of thioether (sulfide) groups is 1. The summed E-state index contributed by atoms with van der Waals surface area (Å²) in [5, 5.41) is 15.4. The lowest BCUT2D eigenvalue weighted by Crippen LogP contribution is -2.70. The van der Waals surface area contributed by atoms with Gasteiger partial charge in [-0.05, 0) is 25.4 Å². The van der Waals surface area contributed by atoms with Gasteiger partial charge in [-0.25, -0.2) is 0 Å². The molecule has 1 unspecified atom stereocenters. The van der Waals surface area contributed by atoms with Gasteiger partial charge in [0.2, 0.25) is 0 Å². The molecule has 0 aliphatic carbocycles. The summed E-state index contributed by atoms with van der Waals surface area (Å²) in [6.45, 7) is 3.66. The summed E-state index contributed by atoms with van der Waals surface area (Å²) in [5.41, 5.74) is -0.205. The molecular formula is C10H20N2O2S. The van der Waals surface area contributed by atoms with Gasteiger partial charge in [-0.15, -0.1) is 0 Å². The first-order valence-corrected chi connectivity index (χ1v) is 6.66. The third-order valence-electron chi connectivity index (χ3n) is 2.72. The fourth-order valence-corrected chi connectivity index (χ4v) is 2.47. The monoisotopic (exact) mass is 232 g/mol. The van der Waals surface area contributed by atoms with Crippen molar-refractivity contribution in [3.05, 3.63) is 0 Å². The van der Waals surface area contributed by atoms with E-state index in [2.05, 4.69) is 23.8 Å². The van der Waals surface area contributed by atoms with Crippen molar-refractivity contribution in [1.29, 1.82) is 0 Å². The molecule has 5 heteroatoms. The number of rotatable bonds is 7. The van der Waals surface area contributed by atoms with Crippen molar-refractivity contribution in [2.45, 2.75) is 31.3 Å². The van der Waals surface area contributed by atoms with E-state index in [4.69, 9.17) is 5.11 Å². The Labute approximate surface area is 95.2 Å². The second kappa shape index (κ2) is 5.72. The van der Waals surface area contributed by atoms with Crippen molar-refractivity contribution in [3.63, 3.8) is 0 Å². The highest BCUT2D eigenvalue weighted by molar-refractivity contribution is 7.98. The Hall–Kier alpha value is -0.260. The van der Waals surface area contributed by atoms with Crippen LogP contribution in [0.15, 0.2) is 0 Å². The largest absolute Gasteiger partial charge is 0.481 e. The molecule has 0 bridgehead atoms. The zero-order chi connectivity index (χ0) is 11.3. The molecule has 15 heavy (non-hydrogen) atoms. The minimum atomic E-state index is -0.721. The van der Waals surface area contributed by atoms with E-state index in [-0.39, 0.29) is 12.0 Å². The third kappa shape index (κ3) is 4.01. The molecule has 0 saturated carbocycles. The molecule has 3 N–H and O–H groups in total. The van der Waals surface area contributed by atoms with Crippen molar-refractivity contribution in [3.8, 4) is 0 Å². The van der Waals surface area contributed by atoms with Crippen LogP contribution in [-0.2, 0) is 4.79 Å². The normalized spacial score (nSPS) is 20.7. The van der Waals surface area contributed by atoms with E-state index in [1.54, 1.807) is 0 Å². The molecule has 1 aliphatic rings. The molecule has 0 aromatic rings. The second-order valence-electron chi connectivity index (χ2n) is 4.28. The van der Waals surface area contributed by atoms with Crippen LogP contribution in [0.4, 0.5) is 0 Å². The van der Waals surface area contributed by atoms with Crippen LogP contribution in [0.3, 0.4) is 0 Å². The van der Waals surface area contributed by atoms with Gasteiger partial charge in [0, 0.05) is 19.1 Å². The number of carbonyl (C=O) groups is 1. The van der Waals surface area contributed by atoms with E-state index in [0.717, 1.165) is 25.3 Å². The number of carboxylic acids is 1. The maximum Gasteiger partial charge on any atom is 0.305 e. The Morgan fingerprint density at radius 1 is 1.67 bits per heavy atom. The third-order valence-corrected chi connectivity index (χ3v) is 3.37. The zero-order valence-electron chi connectivity index (χ0n) is 9.38. The summed E-state index contributed by atoms with van der Waals surface area (Å²) in [5.74, 6) is 0.395. The van der Waals surface area contributed by atoms with Crippen LogP contribution in [0.1, 0.15) is 19.8 Å². The van der Waals surface area contributed by atoms with E-state index in [1.807, 2.05) is 11.8 Å². The second-order valence-corrected chi connectivity index (χ2v) is 5.27. The molecule has 1 heterocycles. The molecule has 1 rings (SSSR count). The molecule has 4 nitrogen and oxygen atoms in total. The van der Waals surface area contributed by atoms with Gasteiger partial charge in [-0.2, -0.15) is 11.8 Å². The Balaban J connectivity index is 2.35. The van der Waals surface area contributed by atoms with Gasteiger partial charge in [0.05, 0.1) is 12.0 Å². The van der Waals surface area contributed by atoms with Crippen LogP contribution in [0.5, 0.6) is 0 Å². The Bertz CT molecular complexity index is 219. The number of carboxylic acid groups (broad SMARTS) is 1. The van der Waals surface area contributed by atoms with Crippen LogP contribution < -0.4 is 10.6 Å². The van der Waals surface area contributed by atoms with Crippen molar-refractivity contribution < 1.29 is 9.90 Å². The van der Waals surface area contributed by atoms with Crippen LogP contribution in [0, 0.1) is 0 Å². The standard InChI is InChI=1S/C10H20N2O2S/c1-8(3-4-15-2)12-10(5-9(13)14)6-11-7-10/h8,11-12H,3-7H2,1-2H3,(H,13,14). The molecule has 0 aromatic heterocycles. The van der Waals surface area contributed by atoms with E-state index >= 15 is 0 Å². The molecule has 0 aromatic carbocycles. The zero-order valence-corrected chi connectivity index (χ0v) is 10.2. The summed E-state index contributed by atoms with van der Waals surface area (Å²) in [6.07, 6.45) is 3.39. The Kier molecular flexibility index (Phi) is 4.89. The summed E-state index contributed by atoms with van der Waals surface area (Å²) >= 11 is 1.82. The first kappa shape index (κ1) is 12.8. The van der Waals surface area contributed by atoms with Gasteiger partial charge in [-0.1, -0.05) is 0 Å². The van der Waals surface area contributed by atoms with E-state index in [0.29, 0.717) is 6.04 Å². The quantitative estimate of drug-likeness (QED) is 0.598. The highest BCUT2D eigenvalue weighted by Crippen LogP contribution is 2.18. The molecule has 88 valence electrons. The Morgan fingerprint density at radius 3 is 2.73 bits per heavy atom. The topological polar surface area (TPSA) is 61.4 Å². The fourth-order valence-electron chi connectivity index (χ4n) is 1.88. The van der Waals surface area contributed by atoms with Gasteiger partial charge in [-0.3, -0.25) is 4.79 Å². The van der Waals surface area contributed by atoms with Gasteiger partial charge in [0.15, 0.2) is 0 Å². The van der Waals surface area contributed by atoms with Gasteiger partial charge in [0.25, 0.3) is 0 Å². The van der Waals surface area contributed by atoms with Crippen LogP contribution in [-0.4, -0.2) is 47.8 Å². The molecule has 0 amide bonds. The molecule has 1 atom stereocenters. The summed E-state index contributed by atoms with van der Waals surface area (Å²) in [7, 11) is 0. The summed E-state index contributed by atoms with van der Waals surface area (Å²) in [6, 6.07) is 0.388. The highest BCUT2D eigenvalue weighted by Gasteiger charge is 2.39. The number of hydrogen-bond donors (Lipinski definition) is 3. The van der Waals surface area contributed by atoms with Crippen molar-refractivity contribution in [2.24, 2.45) is 0 Å². The highest BCUT2D eigenvalue weighted by atomic mass is 32.2. The van der Waals surface area contributed by atoms with Crippen LogP contribution in [0.2, 0.25) is 0 Å². The Morgan fingerprint density at radius 2 is 2.33 bits per heavy atom. The lowest BCUT2D eigenvalue weighted by Gasteiger charge is -2.44. The molecule has 0 spiro atoms. The molecule has 1 saturated heterocycles. The van der Waals surface area contributed by atoms with Crippen molar-refractivity contribution >= 4 is 17.7 Å². The number of hydrogen-bond acceptors (Lipinski definition) is 4. The summed E-state index contributed by atoms with van der Waals surface area (Å²) in [4.78, 5) is 10.7. The van der Waals surface area contributed by atoms with Gasteiger partial charge < -0.3 is 15.7 Å². The van der Waals surface area contributed by atoms with Crippen molar-refractivity contribution in [2.75, 3.05) is 25.1 Å². The minimum Gasteiger partial charge on any atom is -0.481 e. The average molecular weight is 232 g/mol. The molecule has 1 aliphatic heterocycles.